The highest BCUT2D eigenvalue weighted by molar-refractivity contribution is 7.99. The summed E-state index contributed by atoms with van der Waals surface area (Å²) in [4.78, 5) is 4.77. The minimum absolute atomic E-state index is 0.281. The summed E-state index contributed by atoms with van der Waals surface area (Å²) in [6.45, 7) is 6.43. The Morgan fingerprint density at radius 1 is 0.387 bits per heavy atom. The van der Waals surface area contributed by atoms with E-state index in [1.54, 1.807) is 78.5 Å². The maximum Gasteiger partial charge on any atom is 0.206 e. The fraction of sp³-hybridized carbons (Fsp3) is 0.136. The molecule has 0 aliphatic rings. The molecule has 1 atom stereocenters. The SMILES string of the molecule is CCCc1cccc(S(=O)(=O)c2ccc(-c3ccc(C#N)cc3)cc2)c1.CCCc1cccc(S(=O)c2ccc(-c3ccc(C#N)cc3)cc2)c1.CCCc1cccc(Sc2ccc(-c3ccc(C#N)cc3)cc2)c1. The van der Waals surface area contributed by atoms with Crippen molar-refractivity contribution in [1.82, 2.24) is 0 Å². The average Bonchev–Trinajstić information content (AvgIpc) is 3.46. The van der Waals surface area contributed by atoms with Gasteiger partial charge in [-0.3, -0.25) is 0 Å². The van der Waals surface area contributed by atoms with Crippen molar-refractivity contribution in [2.24, 2.45) is 0 Å². The first kappa shape index (κ1) is 54.7. The van der Waals surface area contributed by atoms with Crippen molar-refractivity contribution in [2.45, 2.75) is 88.7 Å². The highest BCUT2D eigenvalue weighted by Crippen LogP contribution is 2.32. The largest absolute Gasteiger partial charge is 0.249 e. The van der Waals surface area contributed by atoms with Crippen LogP contribution in [0.3, 0.4) is 0 Å². The molecule has 9 aromatic rings. The second kappa shape index (κ2) is 27.3. The van der Waals surface area contributed by atoms with Gasteiger partial charge in [-0.25, -0.2) is 12.6 Å². The van der Waals surface area contributed by atoms with Gasteiger partial charge in [0.15, 0.2) is 0 Å². The van der Waals surface area contributed by atoms with Gasteiger partial charge in [0.25, 0.3) is 0 Å². The standard InChI is InChI=1S/C22H19NO2S.C22H19NOS.C22H19NS/c1-2-4-17-5-3-6-22(15-17)26(24,25)21-13-11-20(12-14-21)19-9-7-18(16-23)8-10-19;1-2-4-17-5-3-6-22(15-17)25(24)21-13-11-20(12-14-21)19-9-7-18(16-23)8-10-19;1-2-4-17-5-3-6-22(15-17)24-21-13-11-20(12-14-21)19-9-7-18(16-23)8-10-19/h3,5-15H,2,4H2,1H3;3,5-15H,2,4H2,1H3;3,5-15H,2,4H2,1H3. The van der Waals surface area contributed by atoms with Gasteiger partial charge in [-0.1, -0.05) is 161 Å². The Morgan fingerprint density at radius 3 is 1.20 bits per heavy atom. The molecule has 0 radical (unpaired) electrons. The second-order valence-corrected chi connectivity index (χ2v) is 22.3. The number of aryl methyl sites for hydroxylation is 3. The maximum absolute atomic E-state index is 12.9. The monoisotopic (exact) mass is 1040 g/mol. The van der Waals surface area contributed by atoms with Gasteiger partial charge in [-0.05, 0) is 179 Å². The van der Waals surface area contributed by atoms with Gasteiger partial charge in [0.2, 0.25) is 9.84 Å². The Balaban J connectivity index is 0.000000164. The molecule has 0 aliphatic heterocycles. The number of rotatable bonds is 15. The Kier molecular flexibility index (Phi) is 19.9. The summed E-state index contributed by atoms with van der Waals surface area (Å²) in [6, 6.07) is 75.9. The summed E-state index contributed by atoms with van der Waals surface area (Å²) in [5.41, 5.74) is 11.8. The lowest BCUT2D eigenvalue weighted by molar-refractivity contribution is 0.596. The highest BCUT2D eigenvalue weighted by atomic mass is 32.2. The van der Waals surface area contributed by atoms with Crippen LogP contribution in [0.25, 0.3) is 33.4 Å². The average molecular weight is 1040 g/mol. The van der Waals surface area contributed by atoms with E-state index < -0.39 is 20.6 Å². The summed E-state index contributed by atoms with van der Waals surface area (Å²) in [6.07, 6.45) is 6.22. The molecular weight excluding hydrogens is 979 g/mol. The van der Waals surface area contributed by atoms with Gasteiger partial charge >= 0.3 is 0 Å². The van der Waals surface area contributed by atoms with Crippen LogP contribution in [0.15, 0.2) is 248 Å². The summed E-state index contributed by atoms with van der Waals surface area (Å²) < 4.78 is 38.6. The molecule has 0 spiro atoms. The molecule has 0 aliphatic carbocycles. The molecule has 9 aromatic carbocycles. The van der Waals surface area contributed by atoms with Gasteiger partial charge in [-0.15, -0.1) is 0 Å². The molecule has 0 amide bonds. The van der Waals surface area contributed by atoms with Gasteiger partial charge in [0.05, 0.1) is 55.5 Å². The molecule has 0 heterocycles. The van der Waals surface area contributed by atoms with Gasteiger partial charge < -0.3 is 0 Å². The molecule has 6 nitrogen and oxygen atoms in total. The molecular formula is C66H57N3O3S3. The molecule has 0 bridgehead atoms. The van der Waals surface area contributed by atoms with Crippen LogP contribution in [0.1, 0.15) is 73.4 Å². The Bertz CT molecular complexity index is 3570. The third-order valence-electron chi connectivity index (χ3n) is 12.2. The summed E-state index contributed by atoms with van der Waals surface area (Å²) in [5.74, 6) is 0. The number of benzene rings is 9. The van der Waals surface area contributed by atoms with Crippen LogP contribution in [0.5, 0.6) is 0 Å². The number of sulfone groups is 1. The zero-order chi connectivity index (χ0) is 53.0. The van der Waals surface area contributed by atoms with Crippen LogP contribution in [-0.4, -0.2) is 12.6 Å². The van der Waals surface area contributed by atoms with E-state index in [1.807, 2.05) is 97.1 Å². The van der Waals surface area contributed by atoms with Crippen LogP contribution >= 0.6 is 11.8 Å². The first-order chi connectivity index (χ1) is 36.5. The van der Waals surface area contributed by atoms with Crippen molar-refractivity contribution >= 4 is 32.4 Å². The molecule has 9 rings (SSSR count). The van der Waals surface area contributed by atoms with Crippen molar-refractivity contribution in [3.63, 3.8) is 0 Å². The van der Waals surface area contributed by atoms with Crippen LogP contribution in [0.4, 0.5) is 0 Å². The zero-order valence-electron chi connectivity index (χ0n) is 42.3. The number of hydrogen-bond acceptors (Lipinski definition) is 7. The fourth-order valence-corrected chi connectivity index (χ4v) is 11.6. The summed E-state index contributed by atoms with van der Waals surface area (Å²) in [7, 11) is -4.71. The van der Waals surface area contributed by atoms with Gasteiger partial charge in [0.1, 0.15) is 0 Å². The number of nitriles is 3. The van der Waals surface area contributed by atoms with Crippen LogP contribution in [0.2, 0.25) is 0 Å². The topological polar surface area (TPSA) is 123 Å². The fourth-order valence-electron chi connectivity index (χ4n) is 8.25. The quantitative estimate of drug-likeness (QED) is 0.100. The minimum atomic E-state index is -3.53. The molecule has 9 heteroatoms. The van der Waals surface area contributed by atoms with E-state index in [1.165, 1.54) is 32.9 Å². The lowest BCUT2D eigenvalue weighted by Crippen LogP contribution is -2.02. The third kappa shape index (κ3) is 15.2. The van der Waals surface area contributed by atoms with Crippen molar-refractivity contribution in [1.29, 1.82) is 15.8 Å². The van der Waals surface area contributed by atoms with E-state index in [9.17, 15) is 12.6 Å². The van der Waals surface area contributed by atoms with E-state index in [0.29, 0.717) is 21.6 Å². The van der Waals surface area contributed by atoms with E-state index >= 15 is 0 Å². The predicted molar refractivity (Wildman–Crippen MR) is 305 cm³/mol. The minimum Gasteiger partial charge on any atom is -0.249 e. The molecule has 0 saturated heterocycles. The number of nitrogens with zero attached hydrogens (tertiary/aromatic N) is 3. The maximum atomic E-state index is 12.9. The Hall–Kier alpha value is -8.10. The van der Waals surface area contributed by atoms with E-state index in [0.717, 1.165) is 75.3 Å². The molecule has 372 valence electrons. The van der Waals surface area contributed by atoms with E-state index in [4.69, 9.17) is 15.8 Å². The lowest BCUT2D eigenvalue weighted by Gasteiger charge is -2.08. The van der Waals surface area contributed by atoms with Gasteiger partial charge in [-0.2, -0.15) is 15.8 Å². The summed E-state index contributed by atoms with van der Waals surface area (Å²) in [5, 5.41) is 26.6. The Labute approximate surface area is 450 Å². The van der Waals surface area contributed by atoms with Crippen LogP contribution in [0, 0.1) is 34.0 Å². The number of hydrogen-bond donors (Lipinski definition) is 0. The zero-order valence-corrected chi connectivity index (χ0v) is 44.8. The third-order valence-corrected chi connectivity index (χ3v) is 16.3. The predicted octanol–water partition coefficient (Wildman–Crippen LogP) is 16.7. The summed E-state index contributed by atoms with van der Waals surface area (Å²) >= 11 is 1.79. The molecule has 1 unspecified atom stereocenters. The molecule has 0 N–H and O–H groups in total. The second-order valence-electron chi connectivity index (χ2n) is 17.7. The van der Waals surface area contributed by atoms with E-state index in [-0.39, 0.29) is 4.90 Å². The first-order valence-corrected chi connectivity index (χ1v) is 28.4. The van der Waals surface area contributed by atoms with Crippen LogP contribution < -0.4 is 0 Å². The molecule has 0 fully saturated rings. The van der Waals surface area contributed by atoms with Crippen molar-refractivity contribution in [3.05, 3.63) is 252 Å². The van der Waals surface area contributed by atoms with E-state index in [2.05, 4.69) is 93.6 Å². The van der Waals surface area contributed by atoms with Gasteiger partial charge in [0, 0.05) is 19.6 Å². The van der Waals surface area contributed by atoms with Crippen molar-refractivity contribution in [3.8, 4) is 51.6 Å². The molecule has 0 saturated carbocycles. The van der Waals surface area contributed by atoms with Crippen molar-refractivity contribution < 1.29 is 12.6 Å². The van der Waals surface area contributed by atoms with Crippen molar-refractivity contribution in [2.75, 3.05) is 0 Å². The normalized spacial score (nSPS) is 11.0. The smallest absolute Gasteiger partial charge is 0.206 e. The highest BCUT2D eigenvalue weighted by Gasteiger charge is 2.18. The molecule has 75 heavy (non-hydrogen) atoms. The molecule has 0 aromatic heterocycles. The first-order valence-electron chi connectivity index (χ1n) is 25.0. The Morgan fingerprint density at radius 2 is 0.760 bits per heavy atom. The van der Waals surface area contributed by atoms with Crippen LogP contribution in [-0.2, 0) is 39.9 Å². The lowest BCUT2D eigenvalue weighted by atomic mass is 10.0.